The van der Waals surface area contributed by atoms with E-state index in [9.17, 15) is 9.90 Å². The Kier molecular flexibility index (Phi) is 15.1. The van der Waals surface area contributed by atoms with Crippen molar-refractivity contribution in [2.45, 2.75) is 46.5 Å². The normalized spacial score (nSPS) is 11.6. The molecule has 0 rings (SSSR count). The maximum atomic E-state index is 11.1. The maximum absolute atomic E-state index is 11.1. The summed E-state index contributed by atoms with van der Waals surface area (Å²) >= 11 is 0. The molecule has 0 atom stereocenters. The highest BCUT2D eigenvalue weighted by atomic mass is 127. The van der Waals surface area contributed by atoms with Crippen LogP contribution >= 0.6 is 24.0 Å². The number of methoxy groups -OCH3 is 1. The molecule has 0 aliphatic carbocycles. The molecule has 0 saturated carbocycles. The second-order valence-corrected chi connectivity index (χ2v) is 5.13. The van der Waals surface area contributed by atoms with Crippen molar-refractivity contribution in [3.63, 3.8) is 0 Å². The van der Waals surface area contributed by atoms with Gasteiger partial charge in [-0.25, -0.2) is 0 Å². The van der Waals surface area contributed by atoms with E-state index in [2.05, 4.69) is 34.2 Å². The van der Waals surface area contributed by atoms with Gasteiger partial charge in [-0.1, -0.05) is 13.8 Å². The number of nitrogens with one attached hydrogen (secondary N) is 2. The van der Waals surface area contributed by atoms with Gasteiger partial charge in [0, 0.05) is 26.2 Å². The Morgan fingerprint density at radius 3 is 2.32 bits per heavy atom. The van der Waals surface area contributed by atoms with Gasteiger partial charge in [-0.15, -0.1) is 24.0 Å². The van der Waals surface area contributed by atoms with Crippen LogP contribution < -0.4 is 10.6 Å². The lowest BCUT2D eigenvalue weighted by molar-refractivity contribution is -0.140. The maximum Gasteiger partial charge on any atom is 0.307 e. The minimum atomic E-state index is -0.241. The summed E-state index contributed by atoms with van der Waals surface area (Å²) in [5, 5.41) is 15.5. The van der Waals surface area contributed by atoms with Gasteiger partial charge in [-0.2, -0.15) is 0 Å². The van der Waals surface area contributed by atoms with Crippen molar-refractivity contribution in [1.29, 1.82) is 0 Å². The smallest absolute Gasteiger partial charge is 0.307 e. The average molecular weight is 429 g/mol. The standard InChI is InChI=1S/C15H31N3O3.HI/c1-5-15(6-2,9-11-19)12-18-14(16-7-3)17-10-8-13(20)21-4;/h19H,5-12H2,1-4H3,(H2,16,17,18);1H. The van der Waals surface area contributed by atoms with E-state index in [0.717, 1.165) is 25.8 Å². The number of aliphatic imine (C=N–C) groups is 1. The van der Waals surface area contributed by atoms with E-state index in [1.807, 2.05) is 6.92 Å². The molecule has 0 saturated heterocycles. The molecule has 6 nitrogen and oxygen atoms in total. The molecule has 0 amide bonds. The van der Waals surface area contributed by atoms with Crippen molar-refractivity contribution < 1.29 is 14.6 Å². The lowest BCUT2D eigenvalue weighted by atomic mass is 9.79. The number of nitrogens with zero attached hydrogens (tertiary/aromatic N) is 1. The number of hydrogen-bond acceptors (Lipinski definition) is 4. The van der Waals surface area contributed by atoms with Gasteiger partial charge >= 0.3 is 5.97 Å². The molecule has 0 heterocycles. The van der Waals surface area contributed by atoms with Crippen LogP contribution in [0, 0.1) is 5.41 Å². The average Bonchev–Trinajstić information content (AvgIpc) is 2.51. The van der Waals surface area contributed by atoms with Gasteiger partial charge in [0.25, 0.3) is 0 Å². The molecule has 0 radical (unpaired) electrons. The van der Waals surface area contributed by atoms with Gasteiger partial charge in [-0.3, -0.25) is 9.79 Å². The van der Waals surface area contributed by atoms with E-state index in [-0.39, 0.29) is 42.0 Å². The summed E-state index contributed by atoms with van der Waals surface area (Å²) in [6, 6.07) is 0. The molecule has 0 aliphatic rings. The molecule has 0 bridgehead atoms. The van der Waals surface area contributed by atoms with Gasteiger partial charge in [-0.05, 0) is 31.6 Å². The predicted molar refractivity (Wildman–Crippen MR) is 101 cm³/mol. The van der Waals surface area contributed by atoms with E-state index in [0.29, 0.717) is 25.5 Å². The number of ether oxygens (including phenoxy) is 1. The number of aliphatic hydroxyl groups excluding tert-OH is 1. The summed E-state index contributed by atoms with van der Waals surface area (Å²) in [4.78, 5) is 15.7. The second-order valence-electron chi connectivity index (χ2n) is 5.13. The van der Waals surface area contributed by atoms with Crippen LogP contribution in [0.2, 0.25) is 0 Å². The summed E-state index contributed by atoms with van der Waals surface area (Å²) in [5.74, 6) is 0.459. The Morgan fingerprint density at radius 2 is 1.86 bits per heavy atom. The van der Waals surface area contributed by atoms with Crippen molar-refractivity contribution in [2.75, 3.05) is 33.4 Å². The number of halogens is 1. The number of rotatable bonds is 10. The highest BCUT2D eigenvalue weighted by Crippen LogP contribution is 2.30. The van der Waals surface area contributed by atoms with Crippen molar-refractivity contribution in [3.8, 4) is 0 Å². The molecule has 0 unspecified atom stereocenters. The largest absolute Gasteiger partial charge is 0.469 e. The first-order valence-electron chi connectivity index (χ1n) is 7.77. The summed E-state index contributed by atoms with van der Waals surface area (Å²) in [6.45, 7) is 8.35. The van der Waals surface area contributed by atoms with E-state index in [1.54, 1.807) is 0 Å². The Labute approximate surface area is 151 Å². The molecule has 132 valence electrons. The van der Waals surface area contributed by atoms with Gasteiger partial charge in [0.05, 0.1) is 13.5 Å². The van der Waals surface area contributed by atoms with Crippen LogP contribution in [0.15, 0.2) is 4.99 Å². The van der Waals surface area contributed by atoms with Gasteiger partial charge in [0.2, 0.25) is 0 Å². The second kappa shape index (κ2) is 14.0. The minimum Gasteiger partial charge on any atom is -0.469 e. The molecule has 3 N–H and O–H groups in total. The van der Waals surface area contributed by atoms with Crippen molar-refractivity contribution in [1.82, 2.24) is 10.6 Å². The number of hydrogen-bond donors (Lipinski definition) is 3. The first kappa shape index (κ1) is 23.7. The van der Waals surface area contributed by atoms with Crippen LogP contribution in [0.25, 0.3) is 0 Å². The topological polar surface area (TPSA) is 83.0 Å². The summed E-state index contributed by atoms with van der Waals surface area (Å²) < 4.78 is 4.61. The predicted octanol–water partition coefficient (Wildman–Crippen LogP) is 1.91. The van der Waals surface area contributed by atoms with Crippen LogP contribution in [0.4, 0.5) is 0 Å². The third-order valence-electron chi connectivity index (χ3n) is 3.91. The zero-order chi connectivity index (χ0) is 16.1. The summed E-state index contributed by atoms with van der Waals surface area (Å²) in [7, 11) is 1.38. The molecule has 0 aromatic rings. The molecule has 0 aromatic heterocycles. The number of carbonyl (C=O) groups excluding carboxylic acids is 1. The van der Waals surface area contributed by atoms with Crippen LogP contribution in [0.3, 0.4) is 0 Å². The Morgan fingerprint density at radius 1 is 1.23 bits per heavy atom. The number of guanidine groups is 1. The molecule has 0 spiro atoms. The molecular weight excluding hydrogens is 397 g/mol. The van der Waals surface area contributed by atoms with E-state index < -0.39 is 0 Å². The molecule has 0 aromatic carbocycles. The fourth-order valence-electron chi connectivity index (χ4n) is 2.12. The fourth-order valence-corrected chi connectivity index (χ4v) is 2.12. The van der Waals surface area contributed by atoms with E-state index >= 15 is 0 Å². The molecular formula is C15H32IN3O3. The van der Waals surface area contributed by atoms with Crippen molar-refractivity contribution >= 4 is 35.9 Å². The Bertz CT molecular complexity index is 321. The molecule has 0 aliphatic heterocycles. The highest BCUT2D eigenvalue weighted by Gasteiger charge is 2.25. The summed E-state index contributed by atoms with van der Waals surface area (Å²) in [5.41, 5.74) is 0.0411. The zero-order valence-electron chi connectivity index (χ0n) is 14.3. The lowest BCUT2D eigenvalue weighted by Gasteiger charge is -2.29. The third kappa shape index (κ3) is 9.45. The monoisotopic (exact) mass is 429 g/mol. The first-order chi connectivity index (χ1) is 10.1. The van der Waals surface area contributed by atoms with Crippen molar-refractivity contribution in [2.24, 2.45) is 10.4 Å². The van der Waals surface area contributed by atoms with Gasteiger partial charge < -0.3 is 20.5 Å². The molecule has 22 heavy (non-hydrogen) atoms. The lowest BCUT2D eigenvalue weighted by Crippen LogP contribution is -2.39. The zero-order valence-corrected chi connectivity index (χ0v) is 16.6. The summed E-state index contributed by atoms with van der Waals surface area (Å²) in [6.07, 6.45) is 3.03. The van der Waals surface area contributed by atoms with E-state index in [1.165, 1.54) is 7.11 Å². The molecule has 7 heteroatoms. The number of aliphatic hydroxyl groups is 1. The van der Waals surface area contributed by atoms with Crippen molar-refractivity contribution in [3.05, 3.63) is 0 Å². The highest BCUT2D eigenvalue weighted by molar-refractivity contribution is 14.0. The minimum absolute atomic E-state index is 0. The fraction of sp³-hybridized carbons (Fsp3) is 0.867. The van der Waals surface area contributed by atoms with Gasteiger partial charge in [0.1, 0.15) is 0 Å². The van der Waals surface area contributed by atoms with E-state index in [4.69, 9.17) is 0 Å². The van der Waals surface area contributed by atoms with Crippen LogP contribution in [-0.4, -0.2) is 50.4 Å². The quantitative estimate of drug-likeness (QED) is 0.214. The third-order valence-corrected chi connectivity index (χ3v) is 3.91. The number of carbonyl (C=O) groups is 1. The van der Waals surface area contributed by atoms with Crippen LogP contribution in [0.5, 0.6) is 0 Å². The molecule has 0 fully saturated rings. The van der Waals surface area contributed by atoms with Crippen LogP contribution in [0.1, 0.15) is 46.5 Å². The first-order valence-corrected chi connectivity index (χ1v) is 7.77. The van der Waals surface area contributed by atoms with Gasteiger partial charge in [0.15, 0.2) is 5.96 Å². The number of esters is 1. The Hall–Kier alpha value is -0.570. The Balaban J connectivity index is 0. The van der Waals surface area contributed by atoms with Crippen LogP contribution in [-0.2, 0) is 9.53 Å². The SMILES string of the molecule is CCNC(=NCC(CC)(CC)CCO)NCCC(=O)OC.I.